The minimum absolute atomic E-state index is 0.580. The van der Waals surface area contributed by atoms with E-state index >= 15 is 0 Å². The Balaban J connectivity index is 1.72. The number of aromatic nitrogens is 1. The van der Waals surface area contributed by atoms with Gasteiger partial charge in [0, 0.05) is 24.7 Å². The summed E-state index contributed by atoms with van der Waals surface area (Å²) in [5.74, 6) is 0.738. The topological polar surface area (TPSA) is 62.5 Å². The Morgan fingerprint density at radius 1 is 1.25 bits per heavy atom. The largest absolute Gasteiger partial charge is 0.364 e. The second-order valence-electron chi connectivity index (χ2n) is 4.22. The summed E-state index contributed by atoms with van der Waals surface area (Å²) in [7, 11) is 1.74. The van der Waals surface area contributed by atoms with Gasteiger partial charge in [0.2, 0.25) is 0 Å². The number of hydrogen-bond acceptors (Lipinski definition) is 3. The Kier molecular flexibility index (Phi) is 5.43. The van der Waals surface area contributed by atoms with E-state index < -0.39 is 0 Å². The number of benzene rings is 1. The quantitative estimate of drug-likeness (QED) is 0.655. The van der Waals surface area contributed by atoms with E-state index in [9.17, 15) is 0 Å². The van der Waals surface area contributed by atoms with Crippen molar-refractivity contribution in [2.24, 2.45) is 4.99 Å². The van der Waals surface area contributed by atoms with Crippen molar-refractivity contribution in [1.29, 1.82) is 0 Å². The van der Waals surface area contributed by atoms with Crippen LogP contribution < -0.4 is 10.6 Å². The highest BCUT2D eigenvalue weighted by Gasteiger charge is 2.00. The van der Waals surface area contributed by atoms with E-state index in [4.69, 9.17) is 16.1 Å². The van der Waals surface area contributed by atoms with E-state index in [0.29, 0.717) is 6.54 Å². The summed E-state index contributed by atoms with van der Waals surface area (Å²) in [5, 5.41) is 11.0. The molecule has 0 aliphatic heterocycles. The summed E-state index contributed by atoms with van der Waals surface area (Å²) in [6, 6.07) is 9.66. The van der Waals surface area contributed by atoms with E-state index in [1.165, 1.54) is 5.56 Å². The third kappa shape index (κ3) is 4.59. The van der Waals surface area contributed by atoms with Crippen LogP contribution in [0.3, 0.4) is 0 Å². The summed E-state index contributed by atoms with van der Waals surface area (Å²) in [6.45, 7) is 1.37. The molecule has 2 N–H and O–H groups in total. The first-order valence-corrected chi connectivity index (χ1v) is 6.74. The van der Waals surface area contributed by atoms with Gasteiger partial charge in [0.25, 0.3) is 0 Å². The van der Waals surface area contributed by atoms with Gasteiger partial charge in [0.05, 0.1) is 6.54 Å². The molecule has 0 amide bonds. The highest BCUT2D eigenvalue weighted by Crippen LogP contribution is 2.09. The molecule has 0 radical (unpaired) electrons. The molecular weight excluding hydrogens is 276 g/mol. The van der Waals surface area contributed by atoms with Crippen molar-refractivity contribution in [2.75, 3.05) is 13.6 Å². The second-order valence-corrected chi connectivity index (χ2v) is 4.66. The van der Waals surface area contributed by atoms with Crippen molar-refractivity contribution in [2.45, 2.75) is 13.0 Å². The third-order valence-electron chi connectivity index (χ3n) is 2.77. The predicted octanol–water partition coefficient (Wildman–Crippen LogP) is 2.24. The molecule has 0 spiro atoms. The highest BCUT2D eigenvalue weighted by molar-refractivity contribution is 6.30. The van der Waals surface area contributed by atoms with E-state index in [1.807, 2.05) is 30.3 Å². The van der Waals surface area contributed by atoms with Crippen molar-refractivity contribution in [3.63, 3.8) is 0 Å². The van der Waals surface area contributed by atoms with Crippen LogP contribution in [0.1, 0.15) is 11.3 Å². The van der Waals surface area contributed by atoms with Gasteiger partial charge < -0.3 is 15.2 Å². The van der Waals surface area contributed by atoms with Gasteiger partial charge in [-0.2, -0.15) is 0 Å². The van der Waals surface area contributed by atoms with E-state index in [1.54, 1.807) is 13.3 Å². The van der Waals surface area contributed by atoms with Crippen LogP contribution in [0, 0.1) is 0 Å². The van der Waals surface area contributed by atoms with Gasteiger partial charge in [0.15, 0.2) is 5.96 Å². The van der Waals surface area contributed by atoms with Crippen LogP contribution in [0.15, 0.2) is 46.1 Å². The number of guanidine groups is 1. The Labute approximate surface area is 123 Å². The maximum absolute atomic E-state index is 5.85. The van der Waals surface area contributed by atoms with Crippen molar-refractivity contribution in [1.82, 2.24) is 15.8 Å². The minimum Gasteiger partial charge on any atom is -0.364 e. The Bertz CT molecular complexity index is 537. The molecule has 20 heavy (non-hydrogen) atoms. The fraction of sp³-hybridized carbons (Fsp3) is 0.286. The zero-order valence-electron chi connectivity index (χ0n) is 11.3. The molecule has 2 aromatic rings. The van der Waals surface area contributed by atoms with Crippen LogP contribution in [-0.4, -0.2) is 24.7 Å². The number of rotatable bonds is 5. The molecular formula is C14H17ClN4O. The highest BCUT2D eigenvalue weighted by atomic mass is 35.5. The van der Waals surface area contributed by atoms with Crippen molar-refractivity contribution < 1.29 is 4.52 Å². The maximum Gasteiger partial charge on any atom is 0.191 e. The molecule has 0 saturated heterocycles. The van der Waals surface area contributed by atoms with Gasteiger partial charge in [-0.05, 0) is 24.1 Å². The molecule has 2 rings (SSSR count). The van der Waals surface area contributed by atoms with Crippen LogP contribution >= 0.6 is 11.6 Å². The molecule has 0 bridgehead atoms. The third-order valence-corrected chi connectivity index (χ3v) is 3.02. The number of halogens is 1. The molecule has 1 aromatic carbocycles. The molecule has 6 heteroatoms. The normalized spacial score (nSPS) is 11.4. The molecule has 1 heterocycles. The smallest absolute Gasteiger partial charge is 0.191 e. The van der Waals surface area contributed by atoms with Crippen LogP contribution in [0.4, 0.5) is 0 Å². The Hall–Kier alpha value is -2.01. The van der Waals surface area contributed by atoms with E-state index in [0.717, 1.165) is 29.6 Å². The van der Waals surface area contributed by atoms with Crippen LogP contribution in [-0.2, 0) is 13.0 Å². The first kappa shape index (κ1) is 14.4. The molecule has 0 atom stereocenters. The molecule has 0 saturated carbocycles. The lowest BCUT2D eigenvalue weighted by Gasteiger charge is -2.10. The fourth-order valence-corrected chi connectivity index (χ4v) is 1.83. The van der Waals surface area contributed by atoms with Crippen molar-refractivity contribution in [3.05, 3.63) is 52.9 Å². The van der Waals surface area contributed by atoms with Gasteiger partial charge >= 0.3 is 0 Å². The summed E-state index contributed by atoms with van der Waals surface area (Å²) in [6.07, 6.45) is 2.45. The predicted molar refractivity (Wildman–Crippen MR) is 79.9 cm³/mol. The summed E-state index contributed by atoms with van der Waals surface area (Å²) < 4.78 is 4.77. The van der Waals surface area contributed by atoms with Gasteiger partial charge in [-0.15, -0.1) is 0 Å². The monoisotopic (exact) mass is 292 g/mol. The molecule has 0 fully saturated rings. The zero-order chi connectivity index (χ0) is 14.2. The van der Waals surface area contributed by atoms with E-state index in [2.05, 4.69) is 20.8 Å². The number of aliphatic imine (C=N–C) groups is 1. The number of nitrogens with one attached hydrogen (secondary N) is 2. The summed E-state index contributed by atoms with van der Waals surface area (Å²) in [4.78, 5) is 4.15. The molecule has 5 nitrogen and oxygen atoms in total. The van der Waals surface area contributed by atoms with Crippen LogP contribution in [0.2, 0.25) is 5.02 Å². The molecule has 1 aromatic heterocycles. The van der Waals surface area contributed by atoms with Crippen LogP contribution in [0.25, 0.3) is 0 Å². The molecule has 106 valence electrons. The van der Waals surface area contributed by atoms with Crippen molar-refractivity contribution in [3.8, 4) is 0 Å². The first-order chi connectivity index (χ1) is 9.78. The van der Waals surface area contributed by atoms with Crippen LogP contribution in [0.5, 0.6) is 0 Å². The fourth-order valence-electron chi connectivity index (χ4n) is 1.70. The van der Waals surface area contributed by atoms with Gasteiger partial charge in [-0.3, -0.25) is 4.99 Å². The van der Waals surface area contributed by atoms with Gasteiger partial charge in [0.1, 0.15) is 12.0 Å². The molecule has 0 aliphatic rings. The lowest BCUT2D eigenvalue weighted by atomic mass is 10.1. The van der Waals surface area contributed by atoms with E-state index in [-0.39, 0.29) is 0 Å². The summed E-state index contributed by atoms with van der Waals surface area (Å²) >= 11 is 5.85. The van der Waals surface area contributed by atoms with Crippen molar-refractivity contribution >= 4 is 17.6 Å². The second kappa shape index (κ2) is 7.55. The van der Waals surface area contributed by atoms with Gasteiger partial charge in [-0.25, -0.2) is 0 Å². The maximum atomic E-state index is 5.85. The van der Waals surface area contributed by atoms with Gasteiger partial charge in [-0.1, -0.05) is 28.9 Å². The lowest BCUT2D eigenvalue weighted by Crippen LogP contribution is -2.37. The number of nitrogens with zero attached hydrogens (tertiary/aromatic N) is 2. The number of hydrogen-bond donors (Lipinski definition) is 2. The molecule has 0 unspecified atom stereocenters. The summed E-state index contributed by atoms with van der Waals surface area (Å²) in [5.41, 5.74) is 2.07. The SMILES string of the molecule is CN=C(NCCc1ccc(Cl)cc1)NCc1ccon1. The lowest BCUT2D eigenvalue weighted by molar-refractivity contribution is 0.410. The Morgan fingerprint density at radius 2 is 2.05 bits per heavy atom. The Morgan fingerprint density at radius 3 is 2.70 bits per heavy atom. The zero-order valence-corrected chi connectivity index (χ0v) is 12.0. The molecule has 0 aliphatic carbocycles. The minimum atomic E-state index is 0.580. The standard InChI is InChI=1S/C14H17ClN4O/c1-16-14(18-10-13-7-9-20-19-13)17-8-6-11-2-4-12(15)5-3-11/h2-5,7,9H,6,8,10H2,1H3,(H2,16,17,18). The average Bonchev–Trinajstić information content (AvgIpc) is 2.98. The first-order valence-electron chi connectivity index (χ1n) is 6.36. The average molecular weight is 293 g/mol.